The molecule has 0 saturated carbocycles. The zero-order valence-electron chi connectivity index (χ0n) is 11.8. The quantitative estimate of drug-likeness (QED) is 0.815. The van der Waals surface area contributed by atoms with Crippen molar-refractivity contribution in [3.05, 3.63) is 63.6 Å². The Balaban J connectivity index is 1.84. The van der Waals surface area contributed by atoms with Crippen LogP contribution < -0.4 is 4.90 Å². The first-order chi connectivity index (χ1) is 10.7. The van der Waals surface area contributed by atoms with Gasteiger partial charge in [0, 0.05) is 23.1 Å². The average Bonchev–Trinajstić information content (AvgIpc) is 2.55. The van der Waals surface area contributed by atoms with E-state index in [1.165, 1.54) is 0 Å². The highest BCUT2D eigenvalue weighted by atomic mass is 35.5. The minimum absolute atomic E-state index is 0.0340. The molecule has 2 aromatic carbocycles. The lowest BCUT2D eigenvalue weighted by molar-refractivity contribution is 0.0398. The van der Waals surface area contributed by atoms with Crippen LogP contribution in [-0.4, -0.2) is 19.7 Å². The predicted molar refractivity (Wildman–Crippen MR) is 88.5 cm³/mol. The van der Waals surface area contributed by atoms with Gasteiger partial charge in [0.1, 0.15) is 12.2 Å². The third kappa shape index (κ3) is 3.20. The zero-order valence-corrected chi connectivity index (χ0v) is 13.3. The number of halogens is 2. The van der Waals surface area contributed by atoms with Gasteiger partial charge in [0.25, 0.3) is 0 Å². The van der Waals surface area contributed by atoms with Crippen molar-refractivity contribution < 1.29 is 4.74 Å². The minimum atomic E-state index is -0.0340. The number of benzene rings is 2. The van der Waals surface area contributed by atoms with Crippen molar-refractivity contribution in [2.45, 2.75) is 6.10 Å². The first-order valence-electron chi connectivity index (χ1n) is 6.99. The third-order valence-corrected chi connectivity index (χ3v) is 4.22. The van der Waals surface area contributed by atoms with Crippen LogP contribution in [0.3, 0.4) is 0 Å². The Morgan fingerprint density at radius 2 is 1.82 bits per heavy atom. The van der Waals surface area contributed by atoms with Gasteiger partial charge in [-0.05, 0) is 35.9 Å². The molecule has 2 aromatic rings. The van der Waals surface area contributed by atoms with Crippen LogP contribution in [0.1, 0.15) is 17.2 Å². The second-order valence-electron chi connectivity index (χ2n) is 5.13. The molecule has 0 amide bonds. The second-order valence-corrected chi connectivity index (χ2v) is 6.00. The summed E-state index contributed by atoms with van der Waals surface area (Å²) in [4.78, 5) is 2.16. The molecular weight excluding hydrogens is 319 g/mol. The molecule has 1 unspecified atom stereocenters. The molecule has 0 N–H and O–H groups in total. The Bertz CT molecular complexity index is 710. The fourth-order valence-corrected chi connectivity index (χ4v) is 2.92. The van der Waals surface area contributed by atoms with E-state index in [2.05, 4.69) is 11.0 Å². The summed E-state index contributed by atoms with van der Waals surface area (Å²) in [5.41, 5.74) is 2.57. The molecule has 22 heavy (non-hydrogen) atoms. The fourth-order valence-electron chi connectivity index (χ4n) is 2.62. The monoisotopic (exact) mass is 332 g/mol. The molecule has 1 heterocycles. The fraction of sp³-hybridized carbons (Fsp3) is 0.235. The minimum Gasteiger partial charge on any atom is -0.370 e. The highest BCUT2D eigenvalue weighted by Gasteiger charge is 2.23. The number of hydrogen-bond donors (Lipinski definition) is 0. The van der Waals surface area contributed by atoms with Gasteiger partial charge in [0.05, 0.1) is 17.9 Å². The first-order valence-corrected chi connectivity index (χ1v) is 7.74. The van der Waals surface area contributed by atoms with Crippen LogP contribution in [0.15, 0.2) is 42.5 Å². The van der Waals surface area contributed by atoms with Gasteiger partial charge in [-0.3, -0.25) is 0 Å². The van der Waals surface area contributed by atoms with Crippen LogP contribution in [0.25, 0.3) is 0 Å². The molecule has 1 aliphatic rings. The zero-order chi connectivity index (χ0) is 15.5. The summed E-state index contributed by atoms with van der Waals surface area (Å²) < 4.78 is 5.86. The lowest BCUT2D eigenvalue weighted by Crippen LogP contribution is -2.38. The summed E-state index contributed by atoms with van der Waals surface area (Å²) in [6, 6.07) is 15.3. The maximum absolute atomic E-state index is 9.31. The predicted octanol–water partition coefficient (Wildman–Crippen LogP) is 4.44. The van der Waals surface area contributed by atoms with E-state index >= 15 is 0 Å². The van der Waals surface area contributed by atoms with Crippen LogP contribution >= 0.6 is 23.2 Å². The lowest BCUT2D eigenvalue weighted by Gasteiger charge is -2.35. The number of anilines is 1. The van der Waals surface area contributed by atoms with Crippen LogP contribution in [0.2, 0.25) is 10.0 Å². The molecule has 3 nitrogen and oxygen atoms in total. The van der Waals surface area contributed by atoms with E-state index in [1.807, 2.05) is 36.4 Å². The molecule has 3 rings (SSSR count). The Labute approximate surface area is 139 Å². The smallest absolute Gasteiger partial charge is 0.101 e. The number of rotatable bonds is 2. The molecule has 1 aliphatic heterocycles. The summed E-state index contributed by atoms with van der Waals surface area (Å²) in [6.07, 6.45) is -0.0340. The molecule has 0 aliphatic carbocycles. The van der Waals surface area contributed by atoms with Crippen molar-refractivity contribution in [3.8, 4) is 6.07 Å². The van der Waals surface area contributed by atoms with E-state index in [0.717, 1.165) is 17.8 Å². The Hall–Kier alpha value is -1.73. The van der Waals surface area contributed by atoms with E-state index in [0.29, 0.717) is 28.8 Å². The molecule has 112 valence electrons. The Morgan fingerprint density at radius 1 is 1.09 bits per heavy atom. The van der Waals surface area contributed by atoms with Gasteiger partial charge in [0.15, 0.2) is 0 Å². The maximum atomic E-state index is 9.31. The van der Waals surface area contributed by atoms with Gasteiger partial charge in [-0.2, -0.15) is 5.26 Å². The van der Waals surface area contributed by atoms with Crippen molar-refractivity contribution >= 4 is 28.9 Å². The van der Waals surface area contributed by atoms with Crippen LogP contribution in [0.4, 0.5) is 5.69 Å². The first kappa shape index (κ1) is 15.2. The van der Waals surface area contributed by atoms with E-state index in [9.17, 15) is 5.26 Å². The number of nitriles is 1. The van der Waals surface area contributed by atoms with Gasteiger partial charge in [-0.1, -0.05) is 35.3 Å². The Kier molecular flexibility index (Phi) is 4.54. The van der Waals surface area contributed by atoms with Crippen molar-refractivity contribution in [2.75, 3.05) is 24.6 Å². The molecule has 0 aromatic heterocycles. The second kappa shape index (κ2) is 6.58. The molecule has 1 saturated heterocycles. The normalized spacial score (nSPS) is 18.0. The van der Waals surface area contributed by atoms with E-state index in [-0.39, 0.29) is 6.10 Å². The van der Waals surface area contributed by atoms with Gasteiger partial charge >= 0.3 is 0 Å². The standard InChI is InChI=1S/C17H14Cl2N2O/c18-14-3-1-12(2-4-14)17-11-21(7-8-22-17)16-6-5-15(19)9-13(16)10-20/h1-6,9,17H,7-8,11H2. The SMILES string of the molecule is N#Cc1cc(Cl)ccc1N1CCOC(c2ccc(Cl)cc2)C1. The van der Waals surface area contributed by atoms with Gasteiger partial charge in [0.2, 0.25) is 0 Å². The van der Waals surface area contributed by atoms with Crippen molar-refractivity contribution in [1.29, 1.82) is 5.26 Å². The molecule has 0 spiro atoms. The maximum Gasteiger partial charge on any atom is 0.101 e. The number of ether oxygens (including phenoxy) is 1. The summed E-state index contributed by atoms with van der Waals surface area (Å²) in [6.45, 7) is 2.05. The van der Waals surface area contributed by atoms with Crippen molar-refractivity contribution in [2.24, 2.45) is 0 Å². The van der Waals surface area contributed by atoms with E-state index < -0.39 is 0 Å². The highest BCUT2D eigenvalue weighted by Crippen LogP contribution is 2.30. The summed E-state index contributed by atoms with van der Waals surface area (Å²) >= 11 is 11.9. The molecule has 5 heteroatoms. The van der Waals surface area contributed by atoms with Crippen LogP contribution in [-0.2, 0) is 4.74 Å². The number of morpholine rings is 1. The summed E-state index contributed by atoms with van der Waals surface area (Å²) in [5, 5.41) is 10.6. The molecule has 1 fully saturated rings. The molecule has 0 bridgehead atoms. The summed E-state index contributed by atoms with van der Waals surface area (Å²) in [7, 11) is 0. The van der Waals surface area contributed by atoms with E-state index in [4.69, 9.17) is 27.9 Å². The number of hydrogen-bond acceptors (Lipinski definition) is 3. The molecular formula is C17H14Cl2N2O. The van der Waals surface area contributed by atoms with Crippen molar-refractivity contribution in [1.82, 2.24) is 0 Å². The average molecular weight is 333 g/mol. The molecule has 1 atom stereocenters. The van der Waals surface area contributed by atoms with Crippen molar-refractivity contribution in [3.63, 3.8) is 0 Å². The summed E-state index contributed by atoms with van der Waals surface area (Å²) in [5.74, 6) is 0. The van der Waals surface area contributed by atoms with Gasteiger partial charge in [-0.15, -0.1) is 0 Å². The van der Waals surface area contributed by atoms with Crippen LogP contribution in [0.5, 0.6) is 0 Å². The topological polar surface area (TPSA) is 36.3 Å². The highest BCUT2D eigenvalue weighted by molar-refractivity contribution is 6.31. The van der Waals surface area contributed by atoms with Gasteiger partial charge < -0.3 is 9.64 Å². The van der Waals surface area contributed by atoms with Crippen LogP contribution in [0, 0.1) is 11.3 Å². The van der Waals surface area contributed by atoms with E-state index in [1.54, 1.807) is 6.07 Å². The Morgan fingerprint density at radius 3 is 2.55 bits per heavy atom. The molecule has 0 radical (unpaired) electrons. The third-order valence-electron chi connectivity index (χ3n) is 3.73. The number of nitrogens with zero attached hydrogens (tertiary/aromatic N) is 2. The van der Waals surface area contributed by atoms with Gasteiger partial charge in [-0.25, -0.2) is 0 Å². The largest absolute Gasteiger partial charge is 0.370 e. The lowest BCUT2D eigenvalue weighted by atomic mass is 10.1.